The summed E-state index contributed by atoms with van der Waals surface area (Å²) in [6.07, 6.45) is 1.63. The fraction of sp³-hybridized carbons (Fsp3) is 0. The Morgan fingerprint density at radius 1 is 1.16 bits per heavy atom. The zero-order valence-electron chi connectivity index (χ0n) is 12.6. The first-order valence-electron chi connectivity index (χ1n) is 7.22. The topological polar surface area (TPSA) is 45.6 Å². The van der Waals surface area contributed by atoms with Crippen LogP contribution in [0.4, 0.5) is 9.52 Å². The molecule has 124 valence electrons. The quantitative estimate of drug-likeness (QED) is 0.355. The van der Waals surface area contributed by atoms with Crippen molar-refractivity contribution >= 4 is 61.5 Å². The highest BCUT2D eigenvalue weighted by atomic mass is 32.1. The van der Waals surface area contributed by atoms with Crippen molar-refractivity contribution in [3.05, 3.63) is 68.8 Å². The highest BCUT2D eigenvalue weighted by molar-refractivity contribution is 7.22. The number of fused-ring (bicyclic) bond motifs is 1. The van der Waals surface area contributed by atoms with E-state index in [2.05, 4.69) is 10.1 Å². The Morgan fingerprint density at radius 2 is 2.00 bits per heavy atom. The molecule has 4 nitrogen and oxygen atoms in total. The Labute approximate surface area is 154 Å². The molecule has 0 atom stereocenters. The van der Waals surface area contributed by atoms with Crippen molar-refractivity contribution in [1.29, 1.82) is 0 Å². The van der Waals surface area contributed by atoms with Gasteiger partial charge in [-0.05, 0) is 41.1 Å². The second-order valence-electron chi connectivity index (χ2n) is 4.96. The first kappa shape index (κ1) is 16.1. The van der Waals surface area contributed by atoms with Gasteiger partial charge in [0.2, 0.25) is 5.13 Å². The van der Waals surface area contributed by atoms with Gasteiger partial charge in [0.05, 0.1) is 21.3 Å². The molecule has 0 bridgehead atoms. The maximum absolute atomic E-state index is 13.4. The third-order valence-electron chi connectivity index (χ3n) is 3.29. The van der Waals surface area contributed by atoms with Crippen LogP contribution in [-0.2, 0) is 0 Å². The zero-order valence-corrected chi connectivity index (χ0v) is 15.1. The summed E-state index contributed by atoms with van der Waals surface area (Å²) in [5.74, 6) is -0.594. The summed E-state index contributed by atoms with van der Waals surface area (Å²) in [6, 6.07) is 11.7. The van der Waals surface area contributed by atoms with Gasteiger partial charge in [0, 0.05) is 4.88 Å². The van der Waals surface area contributed by atoms with Crippen LogP contribution in [0.2, 0.25) is 0 Å². The first-order valence-corrected chi connectivity index (χ1v) is 9.80. The Kier molecular flexibility index (Phi) is 4.39. The number of aromatic nitrogens is 1. The van der Waals surface area contributed by atoms with E-state index >= 15 is 0 Å². The van der Waals surface area contributed by atoms with E-state index in [-0.39, 0.29) is 11.7 Å². The van der Waals surface area contributed by atoms with Gasteiger partial charge < -0.3 is 0 Å². The monoisotopic (exact) mass is 387 g/mol. The fourth-order valence-electron chi connectivity index (χ4n) is 2.15. The van der Waals surface area contributed by atoms with Gasteiger partial charge in [-0.2, -0.15) is 10.1 Å². The van der Waals surface area contributed by atoms with E-state index in [1.54, 1.807) is 18.3 Å². The molecule has 0 unspecified atom stereocenters. The highest BCUT2D eigenvalue weighted by Crippen LogP contribution is 2.31. The standard InChI is InChI=1S/C17H10FN3OS3/c18-11-5-6-13-15(9-11)25-17(20-13)21(16(22)14-4-2-8-24-14)19-10-12-3-1-7-23-12/h1-10H/b19-10-. The number of hydrogen-bond donors (Lipinski definition) is 0. The van der Waals surface area contributed by atoms with Gasteiger partial charge in [0.25, 0.3) is 5.91 Å². The van der Waals surface area contributed by atoms with Crippen molar-refractivity contribution in [3.63, 3.8) is 0 Å². The summed E-state index contributed by atoms with van der Waals surface area (Å²) in [4.78, 5) is 18.8. The molecule has 4 aromatic rings. The molecular weight excluding hydrogens is 377 g/mol. The molecule has 0 aliphatic heterocycles. The van der Waals surface area contributed by atoms with Gasteiger partial charge in [-0.3, -0.25) is 4.79 Å². The molecular formula is C17H10FN3OS3. The third-order valence-corrected chi connectivity index (χ3v) is 5.95. The number of anilines is 1. The Hall–Kier alpha value is -2.42. The smallest absolute Gasteiger partial charge is 0.266 e. The van der Waals surface area contributed by atoms with E-state index in [1.807, 2.05) is 29.0 Å². The van der Waals surface area contributed by atoms with Crippen LogP contribution in [0.25, 0.3) is 10.2 Å². The number of amides is 1. The van der Waals surface area contributed by atoms with E-state index in [4.69, 9.17) is 0 Å². The van der Waals surface area contributed by atoms with E-state index in [0.29, 0.717) is 20.2 Å². The number of thiazole rings is 1. The van der Waals surface area contributed by atoms with Gasteiger partial charge in [-0.25, -0.2) is 9.37 Å². The summed E-state index contributed by atoms with van der Waals surface area (Å²) < 4.78 is 14.1. The lowest BCUT2D eigenvalue weighted by Crippen LogP contribution is -2.24. The minimum Gasteiger partial charge on any atom is -0.266 e. The van der Waals surface area contributed by atoms with Gasteiger partial charge in [-0.1, -0.05) is 23.5 Å². The van der Waals surface area contributed by atoms with Crippen molar-refractivity contribution in [2.75, 3.05) is 5.01 Å². The molecule has 0 aliphatic rings. The molecule has 3 aromatic heterocycles. The number of rotatable bonds is 4. The lowest BCUT2D eigenvalue weighted by molar-refractivity contribution is 0.0991. The molecule has 8 heteroatoms. The van der Waals surface area contributed by atoms with Crippen molar-refractivity contribution in [3.8, 4) is 0 Å². The Bertz CT molecular complexity index is 1040. The van der Waals surface area contributed by atoms with E-state index in [1.165, 1.54) is 51.2 Å². The SMILES string of the molecule is O=C(c1cccs1)N(/N=C\c1cccs1)c1nc2ccc(F)cc2s1. The molecule has 4 rings (SSSR count). The van der Waals surface area contributed by atoms with Crippen LogP contribution in [0, 0.1) is 5.82 Å². The largest absolute Gasteiger partial charge is 0.290 e. The predicted octanol–water partition coefficient (Wildman–Crippen LogP) is 5.24. The molecule has 0 fully saturated rings. The molecule has 0 radical (unpaired) electrons. The lowest BCUT2D eigenvalue weighted by atomic mass is 10.3. The summed E-state index contributed by atoms with van der Waals surface area (Å²) in [6.45, 7) is 0. The zero-order chi connectivity index (χ0) is 17.2. The second kappa shape index (κ2) is 6.83. The van der Waals surface area contributed by atoms with E-state index in [0.717, 1.165) is 4.88 Å². The number of nitrogens with zero attached hydrogens (tertiary/aromatic N) is 3. The van der Waals surface area contributed by atoms with Crippen molar-refractivity contribution < 1.29 is 9.18 Å². The minimum atomic E-state index is -0.332. The van der Waals surface area contributed by atoms with Gasteiger partial charge >= 0.3 is 0 Å². The van der Waals surface area contributed by atoms with E-state index in [9.17, 15) is 9.18 Å². The highest BCUT2D eigenvalue weighted by Gasteiger charge is 2.21. The second-order valence-corrected chi connectivity index (χ2v) is 7.90. The molecule has 25 heavy (non-hydrogen) atoms. The Balaban J connectivity index is 1.76. The number of halogens is 1. The molecule has 3 heterocycles. The number of carbonyl (C=O) groups excluding carboxylic acids is 1. The number of benzene rings is 1. The normalized spacial score (nSPS) is 11.4. The fourth-order valence-corrected chi connectivity index (χ4v) is 4.32. The molecule has 1 aromatic carbocycles. The summed E-state index contributed by atoms with van der Waals surface area (Å²) >= 11 is 4.10. The average Bonchev–Trinajstić information content (AvgIpc) is 3.36. The minimum absolute atomic E-state index is 0.262. The molecule has 0 spiro atoms. The van der Waals surface area contributed by atoms with Crippen LogP contribution in [0.1, 0.15) is 14.5 Å². The molecule has 0 aliphatic carbocycles. The molecule has 0 saturated heterocycles. The summed E-state index contributed by atoms with van der Waals surface area (Å²) in [7, 11) is 0. The lowest BCUT2D eigenvalue weighted by Gasteiger charge is -2.12. The summed E-state index contributed by atoms with van der Waals surface area (Å²) in [5.41, 5.74) is 0.636. The van der Waals surface area contributed by atoms with Gasteiger partial charge in [0.15, 0.2) is 0 Å². The first-order chi connectivity index (χ1) is 12.2. The number of hydrazone groups is 1. The number of hydrogen-bond acceptors (Lipinski definition) is 6. The van der Waals surface area contributed by atoms with Crippen LogP contribution in [0.15, 0.2) is 58.3 Å². The van der Waals surface area contributed by atoms with Crippen molar-refractivity contribution in [1.82, 2.24) is 4.98 Å². The van der Waals surface area contributed by atoms with E-state index < -0.39 is 0 Å². The Morgan fingerprint density at radius 3 is 2.76 bits per heavy atom. The average molecular weight is 387 g/mol. The van der Waals surface area contributed by atoms with Crippen LogP contribution >= 0.6 is 34.0 Å². The van der Waals surface area contributed by atoms with Crippen LogP contribution in [0.3, 0.4) is 0 Å². The maximum atomic E-state index is 13.4. The van der Waals surface area contributed by atoms with Gasteiger partial charge in [-0.15, -0.1) is 22.7 Å². The van der Waals surface area contributed by atoms with Crippen molar-refractivity contribution in [2.24, 2.45) is 5.10 Å². The predicted molar refractivity (Wildman–Crippen MR) is 103 cm³/mol. The maximum Gasteiger partial charge on any atom is 0.290 e. The summed E-state index contributed by atoms with van der Waals surface area (Å²) in [5, 5.41) is 9.79. The third kappa shape index (κ3) is 3.37. The van der Waals surface area contributed by atoms with Crippen molar-refractivity contribution in [2.45, 2.75) is 0 Å². The molecule has 1 amide bonds. The number of carbonyl (C=O) groups is 1. The van der Waals surface area contributed by atoms with Crippen LogP contribution in [-0.4, -0.2) is 17.1 Å². The molecule has 0 N–H and O–H groups in total. The van der Waals surface area contributed by atoms with Crippen LogP contribution in [0.5, 0.6) is 0 Å². The van der Waals surface area contributed by atoms with Gasteiger partial charge in [0.1, 0.15) is 5.82 Å². The number of thiophene rings is 2. The van der Waals surface area contributed by atoms with Crippen LogP contribution < -0.4 is 5.01 Å². The molecule has 0 saturated carbocycles.